The molecule has 1 aromatic heterocycles. The van der Waals surface area contributed by atoms with Gasteiger partial charge in [-0.2, -0.15) is 5.10 Å². The molecule has 0 spiro atoms. The SMILES string of the molecule is Cc1sc2c(c1C)C(c1ccc(Cl)cc1)=NCC1=NN(C)C(C)N12. The number of halogens is 1. The first kappa shape index (κ1) is 15.7. The van der Waals surface area contributed by atoms with Gasteiger partial charge in [0.2, 0.25) is 0 Å². The van der Waals surface area contributed by atoms with Crippen LogP contribution in [-0.2, 0) is 0 Å². The molecule has 1 atom stereocenters. The van der Waals surface area contributed by atoms with Crippen LogP contribution in [0.3, 0.4) is 0 Å². The highest BCUT2D eigenvalue weighted by Crippen LogP contribution is 2.41. The van der Waals surface area contributed by atoms with E-state index in [0.29, 0.717) is 6.54 Å². The van der Waals surface area contributed by atoms with Gasteiger partial charge in [-0.05, 0) is 38.5 Å². The van der Waals surface area contributed by atoms with E-state index in [-0.39, 0.29) is 6.17 Å². The zero-order valence-electron chi connectivity index (χ0n) is 14.2. The fourth-order valence-electron chi connectivity index (χ4n) is 3.22. The number of hydrogen-bond donors (Lipinski definition) is 0. The molecule has 24 heavy (non-hydrogen) atoms. The van der Waals surface area contributed by atoms with Crippen molar-refractivity contribution in [2.45, 2.75) is 26.9 Å². The molecule has 2 aliphatic heterocycles. The number of nitrogens with zero attached hydrogens (tertiary/aromatic N) is 4. The molecule has 2 aromatic rings. The van der Waals surface area contributed by atoms with Crippen LogP contribution in [0.1, 0.15) is 28.5 Å². The maximum atomic E-state index is 6.06. The Morgan fingerprint density at radius 2 is 1.92 bits per heavy atom. The van der Waals surface area contributed by atoms with Crippen molar-refractivity contribution in [3.8, 4) is 0 Å². The highest BCUT2D eigenvalue weighted by Gasteiger charge is 2.36. The largest absolute Gasteiger partial charge is 0.295 e. The molecule has 0 saturated carbocycles. The Balaban J connectivity index is 1.94. The average molecular weight is 359 g/mol. The highest BCUT2D eigenvalue weighted by molar-refractivity contribution is 7.17. The topological polar surface area (TPSA) is 31.2 Å². The van der Waals surface area contributed by atoms with Crippen molar-refractivity contribution in [1.82, 2.24) is 5.01 Å². The fourth-order valence-corrected chi connectivity index (χ4v) is 4.60. The summed E-state index contributed by atoms with van der Waals surface area (Å²) < 4.78 is 0. The zero-order valence-corrected chi connectivity index (χ0v) is 15.7. The molecule has 1 unspecified atom stereocenters. The van der Waals surface area contributed by atoms with Gasteiger partial charge in [-0.3, -0.25) is 14.9 Å². The lowest BCUT2D eigenvalue weighted by atomic mass is 10.00. The predicted molar refractivity (Wildman–Crippen MR) is 103 cm³/mol. The van der Waals surface area contributed by atoms with Crippen LogP contribution in [0, 0.1) is 13.8 Å². The third-order valence-corrected chi connectivity index (χ3v) is 6.24. The molecule has 0 aliphatic carbocycles. The van der Waals surface area contributed by atoms with Gasteiger partial charge in [-0.25, -0.2) is 0 Å². The summed E-state index contributed by atoms with van der Waals surface area (Å²) in [5.74, 6) is 1.01. The van der Waals surface area contributed by atoms with E-state index in [2.05, 4.69) is 30.8 Å². The van der Waals surface area contributed by atoms with Crippen molar-refractivity contribution < 1.29 is 0 Å². The summed E-state index contributed by atoms with van der Waals surface area (Å²) in [5, 5.41) is 8.68. The summed E-state index contributed by atoms with van der Waals surface area (Å²) in [5.41, 5.74) is 4.67. The van der Waals surface area contributed by atoms with Crippen LogP contribution in [0.25, 0.3) is 0 Å². The summed E-state index contributed by atoms with van der Waals surface area (Å²) >= 11 is 7.89. The summed E-state index contributed by atoms with van der Waals surface area (Å²) in [6.07, 6.45) is 0.205. The van der Waals surface area contributed by atoms with Crippen LogP contribution >= 0.6 is 22.9 Å². The van der Waals surface area contributed by atoms with E-state index >= 15 is 0 Å². The number of thiophene rings is 1. The molecular weight excluding hydrogens is 340 g/mol. The Labute approximate surface area is 151 Å². The van der Waals surface area contributed by atoms with Crippen molar-refractivity contribution in [2.24, 2.45) is 10.1 Å². The summed E-state index contributed by atoms with van der Waals surface area (Å²) in [6.45, 7) is 7.13. The molecule has 124 valence electrons. The van der Waals surface area contributed by atoms with E-state index in [0.717, 1.165) is 22.1 Å². The Kier molecular flexibility index (Phi) is 3.66. The van der Waals surface area contributed by atoms with Crippen molar-refractivity contribution in [3.63, 3.8) is 0 Å². The van der Waals surface area contributed by atoms with Crippen LogP contribution in [0.15, 0.2) is 34.4 Å². The Morgan fingerprint density at radius 3 is 2.62 bits per heavy atom. The van der Waals surface area contributed by atoms with Crippen LogP contribution in [0.4, 0.5) is 5.00 Å². The Bertz CT molecular complexity index is 866. The third-order valence-electron chi connectivity index (χ3n) is 4.78. The minimum Gasteiger partial charge on any atom is -0.295 e. The number of hydrazone groups is 1. The van der Waals surface area contributed by atoms with Crippen molar-refractivity contribution in [2.75, 3.05) is 18.5 Å². The first-order chi connectivity index (χ1) is 11.5. The lowest BCUT2D eigenvalue weighted by molar-refractivity contribution is 0.304. The summed E-state index contributed by atoms with van der Waals surface area (Å²) in [7, 11) is 2.02. The molecule has 0 saturated heterocycles. The number of aliphatic imine (C=N–C) groups is 1. The molecule has 2 aliphatic rings. The molecule has 1 aromatic carbocycles. The molecule has 4 nitrogen and oxygen atoms in total. The first-order valence-electron chi connectivity index (χ1n) is 7.97. The third kappa shape index (κ3) is 2.26. The molecule has 0 fully saturated rings. The molecule has 4 rings (SSSR count). The minimum atomic E-state index is 0.205. The number of fused-ring (bicyclic) bond motifs is 3. The summed E-state index contributed by atoms with van der Waals surface area (Å²) in [4.78, 5) is 8.58. The van der Waals surface area contributed by atoms with E-state index in [1.54, 1.807) is 0 Å². The lowest BCUT2D eigenvalue weighted by Crippen LogP contribution is -2.39. The van der Waals surface area contributed by atoms with Gasteiger partial charge in [0.1, 0.15) is 11.2 Å². The van der Waals surface area contributed by atoms with Crippen LogP contribution in [-0.4, -0.2) is 36.3 Å². The van der Waals surface area contributed by atoms with Gasteiger partial charge >= 0.3 is 0 Å². The number of anilines is 1. The molecule has 3 heterocycles. The number of aryl methyl sites for hydroxylation is 1. The standard InChI is InChI=1S/C18H19ClN4S/c1-10-11(2)24-18-16(10)17(13-5-7-14(19)8-6-13)20-9-15-21-22(4)12(3)23(15)18/h5-8,12H,9H2,1-4H3. The van der Waals surface area contributed by atoms with Crippen molar-refractivity contribution >= 4 is 39.5 Å². The van der Waals surface area contributed by atoms with Gasteiger partial charge in [0.15, 0.2) is 5.84 Å². The maximum absolute atomic E-state index is 6.06. The van der Waals surface area contributed by atoms with Gasteiger partial charge in [0.25, 0.3) is 0 Å². The number of amidine groups is 1. The van der Waals surface area contributed by atoms with Gasteiger partial charge in [-0.1, -0.05) is 23.7 Å². The van der Waals surface area contributed by atoms with Crippen LogP contribution in [0.5, 0.6) is 0 Å². The van der Waals surface area contributed by atoms with E-state index in [1.807, 2.05) is 47.7 Å². The number of rotatable bonds is 1. The predicted octanol–water partition coefficient (Wildman–Crippen LogP) is 4.28. The summed E-state index contributed by atoms with van der Waals surface area (Å²) in [6, 6.07) is 7.94. The lowest BCUT2D eigenvalue weighted by Gasteiger charge is -2.25. The van der Waals surface area contributed by atoms with Gasteiger partial charge < -0.3 is 0 Å². The molecule has 6 heteroatoms. The molecule has 0 bridgehead atoms. The van der Waals surface area contributed by atoms with Gasteiger partial charge in [0.05, 0.1) is 12.3 Å². The van der Waals surface area contributed by atoms with E-state index in [4.69, 9.17) is 16.6 Å². The highest BCUT2D eigenvalue weighted by atomic mass is 35.5. The van der Waals surface area contributed by atoms with E-state index in [9.17, 15) is 0 Å². The Morgan fingerprint density at radius 1 is 1.21 bits per heavy atom. The van der Waals surface area contributed by atoms with Crippen LogP contribution in [0.2, 0.25) is 5.02 Å². The Hall–Kier alpha value is -1.85. The van der Waals surface area contributed by atoms with E-state index in [1.165, 1.54) is 21.0 Å². The fraction of sp³-hybridized carbons (Fsp3) is 0.333. The van der Waals surface area contributed by atoms with E-state index < -0.39 is 0 Å². The monoisotopic (exact) mass is 358 g/mol. The molecule has 0 N–H and O–H groups in total. The molecule has 0 amide bonds. The number of hydrogen-bond acceptors (Lipinski definition) is 5. The van der Waals surface area contributed by atoms with Crippen molar-refractivity contribution in [3.05, 3.63) is 50.9 Å². The molecular formula is C18H19ClN4S. The van der Waals surface area contributed by atoms with Crippen LogP contribution < -0.4 is 4.90 Å². The van der Waals surface area contributed by atoms with Crippen molar-refractivity contribution in [1.29, 1.82) is 0 Å². The minimum absolute atomic E-state index is 0.205. The maximum Gasteiger partial charge on any atom is 0.153 e. The first-order valence-corrected chi connectivity index (χ1v) is 9.17. The second-order valence-corrected chi connectivity index (χ2v) is 7.87. The second-order valence-electron chi connectivity index (χ2n) is 6.23. The smallest absolute Gasteiger partial charge is 0.153 e. The molecule has 0 radical (unpaired) electrons. The average Bonchev–Trinajstić information content (AvgIpc) is 2.93. The number of benzene rings is 1. The normalized spacial score (nSPS) is 19.6. The second kappa shape index (κ2) is 5.60. The van der Waals surface area contributed by atoms with Gasteiger partial charge in [-0.15, -0.1) is 11.3 Å². The van der Waals surface area contributed by atoms with Gasteiger partial charge in [0, 0.05) is 28.1 Å². The zero-order chi connectivity index (χ0) is 17.0. The quantitative estimate of drug-likeness (QED) is 0.761.